The third-order valence-electron chi connectivity index (χ3n) is 1.85. The van der Waals surface area contributed by atoms with Crippen LogP contribution in [0.2, 0.25) is 0 Å². The molecule has 0 bridgehead atoms. The molecule has 0 heterocycles. The molecule has 0 fully saturated rings. The second-order valence-corrected chi connectivity index (χ2v) is 3.87. The Bertz CT molecular complexity index is 456. The maximum Gasteiger partial charge on any atom is 0.283 e. The fourth-order valence-corrected chi connectivity index (χ4v) is 1.94. The smallest absolute Gasteiger partial charge is 0.283 e. The summed E-state index contributed by atoms with van der Waals surface area (Å²) in [6, 6.07) is 2.53. The van der Waals surface area contributed by atoms with Crippen LogP contribution >= 0.6 is 22.6 Å². The van der Waals surface area contributed by atoms with Crippen molar-refractivity contribution >= 4 is 40.3 Å². The summed E-state index contributed by atoms with van der Waals surface area (Å²) in [6.45, 7) is 1.31. The number of benzene rings is 1. The molecule has 0 aliphatic rings. The SMILES string of the molecule is CC(=O)c1ccc([N+](=O)[O-])c(I)c1C=O. The van der Waals surface area contributed by atoms with Gasteiger partial charge in [0.25, 0.3) is 5.69 Å². The Morgan fingerprint density at radius 1 is 1.53 bits per heavy atom. The second kappa shape index (κ2) is 4.47. The van der Waals surface area contributed by atoms with Gasteiger partial charge in [0.2, 0.25) is 0 Å². The first kappa shape index (κ1) is 11.8. The number of nitro benzene ring substituents is 1. The van der Waals surface area contributed by atoms with E-state index < -0.39 is 4.92 Å². The second-order valence-electron chi connectivity index (χ2n) is 2.79. The molecule has 1 aromatic carbocycles. The average molecular weight is 319 g/mol. The highest BCUT2D eigenvalue weighted by molar-refractivity contribution is 14.1. The van der Waals surface area contributed by atoms with Gasteiger partial charge in [0.1, 0.15) is 3.57 Å². The Kier molecular flexibility index (Phi) is 3.51. The predicted molar refractivity (Wildman–Crippen MR) is 61.2 cm³/mol. The molecule has 0 spiro atoms. The molecule has 0 radical (unpaired) electrons. The van der Waals surface area contributed by atoms with Crippen LogP contribution in [-0.4, -0.2) is 17.0 Å². The molecule has 1 aromatic rings. The van der Waals surface area contributed by atoms with Gasteiger partial charge in [-0.2, -0.15) is 0 Å². The van der Waals surface area contributed by atoms with Crippen molar-refractivity contribution in [1.82, 2.24) is 0 Å². The van der Waals surface area contributed by atoms with Crippen LogP contribution in [0, 0.1) is 13.7 Å². The fourth-order valence-electron chi connectivity index (χ4n) is 1.14. The molecule has 0 saturated carbocycles. The van der Waals surface area contributed by atoms with Crippen molar-refractivity contribution in [3.05, 3.63) is 36.9 Å². The van der Waals surface area contributed by atoms with Gasteiger partial charge in [-0.3, -0.25) is 19.7 Å². The van der Waals surface area contributed by atoms with Gasteiger partial charge in [-0.05, 0) is 35.6 Å². The lowest BCUT2D eigenvalue weighted by atomic mass is 10.0. The first-order valence-electron chi connectivity index (χ1n) is 3.92. The molecular weight excluding hydrogens is 313 g/mol. The lowest BCUT2D eigenvalue weighted by molar-refractivity contribution is -0.385. The number of nitrogens with zero attached hydrogens (tertiary/aromatic N) is 1. The summed E-state index contributed by atoms with van der Waals surface area (Å²) in [5.74, 6) is -0.287. The quantitative estimate of drug-likeness (QED) is 0.281. The van der Waals surface area contributed by atoms with Crippen LogP contribution in [0.3, 0.4) is 0 Å². The molecule has 0 atom stereocenters. The predicted octanol–water partition coefficient (Wildman–Crippen LogP) is 2.21. The van der Waals surface area contributed by atoms with Crippen molar-refractivity contribution < 1.29 is 14.5 Å². The van der Waals surface area contributed by atoms with Crippen molar-refractivity contribution in [2.75, 3.05) is 0 Å². The zero-order valence-electron chi connectivity index (χ0n) is 7.69. The molecule has 0 aliphatic heterocycles. The van der Waals surface area contributed by atoms with Gasteiger partial charge in [0, 0.05) is 17.2 Å². The van der Waals surface area contributed by atoms with Gasteiger partial charge in [0.15, 0.2) is 12.1 Å². The Hall–Kier alpha value is -1.31. The van der Waals surface area contributed by atoms with E-state index in [0.717, 1.165) is 0 Å². The van der Waals surface area contributed by atoms with Crippen molar-refractivity contribution in [2.45, 2.75) is 6.92 Å². The third-order valence-corrected chi connectivity index (χ3v) is 2.99. The number of carbonyl (C=O) groups excluding carboxylic acids is 2. The summed E-state index contributed by atoms with van der Waals surface area (Å²) in [5.41, 5.74) is 0.125. The number of rotatable bonds is 3. The summed E-state index contributed by atoms with van der Waals surface area (Å²) in [4.78, 5) is 31.9. The average Bonchev–Trinajstić information content (AvgIpc) is 2.16. The molecule has 15 heavy (non-hydrogen) atoms. The minimum absolute atomic E-state index is 0.0808. The van der Waals surface area contributed by atoms with E-state index in [1.54, 1.807) is 22.6 Å². The Labute approximate surface area is 98.8 Å². The highest BCUT2D eigenvalue weighted by Gasteiger charge is 2.19. The summed E-state index contributed by atoms with van der Waals surface area (Å²) in [6.07, 6.45) is 0.464. The number of nitro groups is 1. The molecule has 0 unspecified atom stereocenters. The van der Waals surface area contributed by atoms with Gasteiger partial charge >= 0.3 is 0 Å². The van der Waals surface area contributed by atoms with Crippen LogP contribution in [0.1, 0.15) is 27.6 Å². The molecule has 0 aromatic heterocycles. The highest BCUT2D eigenvalue weighted by Crippen LogP contribution is 2.26. The Balaban J connectivity index is 3.52. The lowest BCUT2D eigenvalue weighted by Gasteiger charge is -2.03. The number of ketones is 1. The van der Waals surface area contributed by atoms with Crippen LogP contribution in [0.15, 0.2) is 12.1 Å². The maximum atomic E-state index is 11.1. The first-order valence-corrected chi connectivity index (χ1v) is 5.00. The third kappa shape index (κ3) is 2.20. The fraction of sp³-hybridized carbons (Fsp3) is 0.111. The summed E-state index contributed by atoms with van der Waals surface area (Å²) in [5, 5.41) is 10.6. The van der Waals surface area contributed by atoms with Gasteiger partial charge in [-0.15, -0.1) is 0 Å². The molecule has 78 valence electrons. The van der Waals surface area contributed by atoms with E-state index in [-0.39, 0.29) is 26.2 Å². The van der Waals surface area contributed by atoms with E-state index in [4.69, 9.17) is 0 Å². The van der Waals surface area contributed by atoms with E-state index in [0.29, 0.717) is 6.29 Å². The number of hydrogen-bond acceptors (Lipinski definition) is 4. The monoisotopic (exact) mass is 319 g/mol. The molecule has 6 heteroatoms. The molecule has 5 nitrogen and oxygen atoms in total. The number of Topliss-reactive ketones (excluding diaryl/α,β-unsaturated/α-hetero) is 1. The van der Waals surface area contributed by atoms with Gasteiger partial charge in [-0.1, -0.05) is 0 Å². The Morgan fingerprint density at radius 2 is 2.13 bits per heavy atom. The normalized spacial score (nSPS) is 9.73. The number of hydrogen-bond donors (Lipinski definition) is 0. The van der Waals surface area contributed by atoms with E-state index in [1.165, 1.54) is 19.1 Å². The molecule has 1 rings (SSSR count). The van der Waals surface area contributed by atoms with Gasteiger partial charge in [0.05, 0.1) is 4.92 Å². The van der Waals surface area contributed by atoms with E-state index in [9.17, 15) is 19.7 Å². The standard InChI is InChI=1S/C9H6INO4/c1-5(13)6-2-3-8(11(14)15)9(10)7(6)4-12/h2-4H,1H3. The molecule has 0 amide bonds. The summed E-state index contributed by atoms with van der Waals surface area (Å²) < 4.78 is 0.195. The minimum atomic E-state index is -0.585. The van der Waals surface area contributed by atoms with Crippen molar-refractivity contribution in [1.29, 1.82) is 0 Å². The number of halogens is 1. The summed E-state index contributed by atoms with van der Waals surface area (Å²) >= 11 is 1.69. The largest absolute Gasteiger partial charge is 0.298 e. The first-order chi connectivity index (χ1) is 6.99. The van der Waals surface area contributed by atoms with E-state index >= 15 is 0 Å². The van der Waals surface area contributed by atoms with Crippen molar-refractivity contribution in [2.24, 2.45) is 0 Å². The van der Waals surface area contributed by atoms with Crippen LogP contribution in [-0.2, 0) is 0 Å². The van der Waals surface area contributed by atoms with Gasteiger partial charge < -0.3 is 0 Å². The van der Waals surface area contributed by atoms with Crippen molar-refractivity contribution in [3.63, 3.8) is 0 Å². The van der Waals surface area contributed by atoms with Crippen LogP contribution in [0.5, 0.6) is 0 Å². The van der Waals surface area contributed by atoms with Crippen LogP contribution < -0.4 is 0 Å². The molecular formula is C9H6INO4. The topological polar surface area (TPSA) is 77.3 Å². The highest BCUT2D eigenvalue weighted by atomic mass is 127. The van der Waals surface area contributed by atoms with E-state index in [2.05, 4.69) is 0 Å². The van der Waals surface area contributed by atoms with Crippen molar-refractivity contribution in [3.8, 4) is 0 Å². The van der Waals surface area contributed by atoms with Crippen LogP contribution in [0.25, 0.3) is 0 Å². The number of aldehydes is 1. The Morgan fingerprint density at radius 3 is 2.53 bits per heavy atom. The zero-order chi connectivity index (χ0) is 11.6. The van der Waals surface area contributed by atoms with Crippen LogP contribution in [0.4, 0.5) is 5.69 Å². The van der Waals surface area contributed by atoms with E-state index in [1.807, 2.05) is 0 Å². The van der Waals surface area contributed by atoms with Gasteiger partial charge in [-0.25, -0.2) is 0 Å². The zero-order valence-corrected chi connectivity index (χ0v) is 9.85. The minimum Gasteiger partial charge on any atom is -0.298 e. The molecule has 0 aliphatic carbocycles. The maximum absolute atomic E-state index is 11.1. The number of carbonyl (C=O) groups is 2. The summed E-state index contributed by atoms with van der Waals surface area (Å²) in [7, 11) is 0. The molecule has 0 saturated heterocycles. The molecule has 0 N–H and O–H groups in total. The lowest BCUT2D eigenvalue weighted by Crippen LogP contribution is -2.04.